The molecule has 0 radical (unpaired) electrons. The highest BCUT2D eigenvalue weighted by Gasteiger charge is 2.38. The van der Waals surface area contributed by atoms with Crippen molar-refractivity contribution in [1.82, 2.24) is 9.80 Å². The van der Waals surface area contributed by atoms with E-state index in [0.717, 1.165) is 30.4 Å². The van der Waals surface area contributed by atoms with Crippen molar-refractivity contribution >= 4 is 28.8 Å². The van der Waals surface area contributed by atoms with Crippen molar-refractivity contribution in [2.24, 2.45) is 0 Å². The van der Waals surface area contributed by atoms with Crippen molar-refractivity contribution < 1.29 is 14.5 Å². The van der Waals surface area contributed by atoms with Gasteiger partial charge in [0, 0.05) is 35.2 Å². The van der Waals surface area contributed by atoms with E-state index < -0.39 is 4.92 Å². The van der Waals surface area contributed by atoms with Gasteiger partial charge in [0.25, 0.3) is 11.6 Å². The molecule has 0 bridgehead atoms. The lowest BCUT2D eigenvalue weighted by Gasteiger charge is -2.37. The van der Waals surface area contributed by atoms with Gasteiger partial charge in [-0.1, -0.05) is 36.4 Å². The summed E-state index contributed by atoms with van der Waals surface area (Å²) in [5.74, 6) is -0.439. The van der Waals surface area contributed by atoms with Gasteiger partial charge in [0.15, 0.2) is 0 Å². The van der Waals surface area contributed by atoms with Gasteiger partial charge in [-0.15, -0.1) is 11.3 Å². The minimum absolute atomic E-state index is 0.00242. The first-order chi connectivity index (χ1) is 16.0. The number of non-ortho nitro benzene ring substituents is 1. The smallest absolute Gasteiger partial charge is 0.270 e. The van der Waals surface area contributed by atoms with Crippen LogP contribution in [0.4, 0.5) is 5.69 Å². The van der Waals surface area contributed by atoms with Crippen LogP contribution in [0.1, 0.15) is 45.2 Å². The van der Waals surface area contributed by atoms with E-state index in [-0.39, 0.29) is 41.7 Å². The molecule has 33 heavy (non-hydrogen) atoms. The van der Waals surface area contributed by atoms with Crippen LogP contribution in [0.2, 0.25) is 0 Å². The van der Waals surface area contributed by atoms with Crippen molar-refractivity contribution in [3.05, 3.63) is 97.7 Å². The maximum atomic E-state index is 13.6. The number of fused-ring (bicyclic) bond motifs is 1. The lowest BCUT2D eigenvalue weighted by Crippen LogP contribution is -2.47. The van der Waals surface area contributed by atoms with Gasteiger partial charge >= 0.3 is 0 Å². The first kappa shape index (κ1) is 21.3. The molecule has 1 unspecified atom stereocenters. The number of benzene rings is 2. The molecule has 1 saturated carbocycles. The van der Waals surface area contributed by atoms with Crippen LogP contribution in [0.3, 0.4) is 0 Å². The maximum Gasteiger partial charge on any atom is 0.270 e. The van der Waals surface area contributed by atoms with E-state index in [1.807, 2.05) is 35.2 Å². The molecular weight excluding hydrogens is 438 g/mol. The number of nitro groups is 1. The Morgan fingerprint density at radius 1 is 1.09 bits per heavy atom. The summed E-state index contributed by atoms with van der Waals surface area (Å²) in [5.41, 5.74) is 2.30. The molecule has 8 heteroatoms. The summed E-state index contributed by atoms with van der Waals surface area (Å²) in [6.07, 6.45) is 2.47. The lowest BCUT2D eigenvalue weighted by atomic mass is 9.93. The summed E-state index contributed by atoms with van der Waals surface area (Å²) < 4.78 is 0. The van der Waals surface area contributed by atoms with E-state index in [0.29, 0.717) is 6.54 Å². The third-order valence-electron chi connectivity index (χ3n) is 6.26. The quantitative estimate of drug-likeness (QED) is 0.401. The van der Waals surface area contributed by atoms with Crippen molar-refractivity contribution in [2.75, 3.05) is 13.1 Å². The highest BCUT2D eigenvalue weighted by molar-refractivity contribution is 7.10. The zero-order valence-electron chi connectivity index (χ0n) is 17.9. The largest absolute Gasteiger partial charge is 0.330 e. The Kier molecular flexibility index (Phi) is 5.68. The van der Waals surface area contributed by atoms with Crippen LogP contribution in [-0.2, 0) is 11.2 Å². The molecule has 2 aliphatic rings. The van der Waals surface area contributed by atoms with Gasteiger partial charge in [-0.2, -0.15) is 0 Å². The van der Waals surface area contributed by atoms with Crippen LogP contribution in [-0.4, -0.2) is 45.7 Å². The van der Waals surface area contributed by atoms with Gasteiger partial charge in [0.1, 0.15) is 6.54 Å². The van der Waals surface area contributed by atoms with Crippen LogP contribution in [0.15, 0.2) is 66.0 Å². The molecule has 2 amide bonds. The molecule has 2 aromatic carbocycles. The van der Waals surface area contributed by atoms with Crippen molar-refractivity contribution in [3.63, 3.8) is 0 Å². The number of hydrogen-bond acceptors (Lipinski definition) is 5. The van der Waals surface area contributed by atoms with Crippen molar-refractivity contribution in [2.45, 2.75) is 31.3 Å². The lowest BCUT2D eigenvalue weighted by molar-refractivity contribution is -0.384. The topological polar surface area (TPSA) is 83.8 Å². The molecule has 0 spiro atoms. The molecule has 1 fully saturated rings. The van der Waals surface area contributed by atoms with Crippen LogP contribution in [0, 0.1) is 10.1 Å². The van der Waals surface area contributed by atoms with Gasteiger partial charge in [0.2, 0.25) is 5.91 Å². The second kappa shape index (κ2) is 8.78. The van der Waals surface area contributed by atoms with Gasteiger partial charge < -0.3 is 9.80 Å². The summed E-state index contributed by atoms with van der Waals surface area (Å²) in [5, 5.41) is 13.2. The molecule has 1 aromatic heterocycles. The van der Waals surface area contributed by atoms with E-state index in [1.54, 1.807) is 22.3 Å². The second-order valence-electron chi connectivity index (χ2n) is 8.42. The summed E-state index contributed by atoms with van der Waals surface area (Å²) in [4.78, 5) is 42.2. The Morgan fingerprint density at radius 3 is 2.61 bits per heavy atom. The highest BCUT2D eigenvalue weighted by Crippen LogP contribution is 2.38. The summed E-state index contributed by atoms with van der Waals surface area (Å²) in [7, 11) is 0. The molecule has 3 aromatic rings. The third-order valence-corrected chi connectivity index (χ3v) is 7.26. The molecule has 1 atom stereocenters. The number of thiophene rings is 1. The number of nitro benzene ring substituents is 1. The zero-order valence-corrected chi connectivity index (χ0v) is 18.7. The van der Waals surface area contributed by atoms with E-state index in [1.165, 1.54) is 23.1 Å². The normalized spacial score (nSPS) is 17.3. The van der Waals surface area contributed by atoms with E-state index >= 15 is 0 Å². The Morgan fingerprint density at radius 2 is 1.88 bits per heavy atom. The van der Waals surface area contributed by atoms with Crippen molar-refractivity contribution in [3.8, 4) is 0 Å². The Labute approximate surface area is 195 Å². The average Bonchev–Trinajstić information content (AvgIpc) is 3.57. The molecule has 1 aliphatic carbocycles. The molecule has 2 heterocycles. The molecule has 0 saturated heterocycles. The number of rotatable bonds is 6. The Balaban J connectivity index is 1.41. The van der Waals surface area contributed by atoms with Gasteiger partial charge in [-0.25, -0.2) is 0 Å². The van der Waals surface area contributed by atoms with Gasteiger partial charge in [0.05, 0.1) is 11.0 Å². The molecule has 0 N–H and O–H groups in total. The summed E-state index contributed by atoms with van der Waals surface area (Å²) >= 11 is 1.71. The fourth-order valence-corrected chi connectivity index (χ4v) is 5.39. The van der Waals surface area contributed by atoms with Crippen LogP contribution >= 0.6 is 11.3 Å². The molecule has 168 valence electrons. The first-order valence-electron chi connectivity index (χ1n) is 11.0. The zero-order chi connectivity index (χ0) is 22.9. The summed E-state index contributed by atoms with van der Waals surface area (Å²) in [6.45, 7) is 0.560. The SMILES string of the molecule is O=C(c1cccc([N+](=O)[O-])c1)N(CC(=O)N1CCc2sccc2C1c1ccccc1)C1CC1. The van der Waals surface area contributed by atoms with Crippen LogP contribution in [0.25, 0.3) is 0 Å². The number of carbonyl (C=O) groups is 2. The predicted octanol–water partition coefficient (Wildman–Crippen LogP) is 4.44. The minimum Gasteiger partial charge on any atom is -0.330 e. The molecule has 7 nitrogen and oxygen atoms in total. The number of amides is 2. The molecular formula is C25H23N3O4S. The standard InChI is InChI=1S/C25H23N3O4S/c29-23(16-27(19-9-10-19)25(30)18-7-4-8-20(15-18)28(31)32)26-13-11-22-21(12-14-33-22)24(26)17-5-2-1-3-6-17/h1-8,12,14-15,19,24H,9-11,13,16H2. The number of nitrogens with zero attached hydrogens (tertiary/aromatic N) is 3. The minimum atomic E-state index is -0.514. The summed E-state index contributed by atoms with van der Waals surface area (Å²) in [6, 6.07) is 17.6. The van der Waals surface area contributed by atoms with Gasteiger partial charge in [-0.05, 0) is 47.9 Å². The number of hydrogen-bond donors (Lipinski definition) is 0. The Hall–Kier alpha value is -3.52. The second-order valence-corrected chi connectivity index (χ2v) is 9.42. The monoisotopic (exact) mass is 461 g/mol. The maximum absolute atomic E-state index is 13.6. The third kappa shape index (κ3) is 4.26. The molecule has 1 aliphatic heterocycles. The van der Waals surface area contributed by atoms with Crippen LogP contribution in [0.5, 0.6) is 0 Å². The first-order valence-corrected chi connectivity index (χ1v) is 11.9. The average molecular weight is 462 g/mol. The highest BCUT2D eigenvalue weighted by atomic mass is 32.1. The fourth-order valence-electron chi connectivity index (χ4n) is 4.49. The van der Waals surface area contributed by atoms with E-state index in [4.69, 9.17) is 0 Å². The Bertz CT molecular complexity index is 1210. The van der Waals surface area contributed by atoms with Crippen LogP contribution < -0.4 is 0 Å². The van der Waals surface area contributed by atoms with Crippen molar-refractivity contribution in [1.29, 1.82) is 0 Å². The predicted molar refractivity (Wildman–Crippen MR) is 125 cm³/mol. The fraction of sp³-hybridized carbons (Fsp3) is 0.280. The number of carbonyl (C=O) groups excluding carboxylic acids is 2. The molecule has 5 rings (SSSR count). The van der Waals surface area contributed by atoms with E-state index in [9.17, 15) is 19.7 Å². The van der Waals surface area contributed by atoms with Gasteiger partial charge in [-0.3, -0.25) is 19.7 Å². The van der Waals surface area contributed by atoms with E-state index in [2.05, 4.69) is 11.4 Å².